The number of amides is 2. The number of rotatable bonds is 4. The van der Waals surface area contributed by atoms with Gasteiger partial charge >= 0.3 is 0 Å². The number of carbonyl (C=O) groups is 2. The van der Waals surface area contributed by atoms with Crippen molar-refractivity contribution in [3.05, 3.63) is 0 Å². The van der Waals surface area contributed by atoms with Gasteiger partial charge < -0.3 is 15.4 Å². The van der Waals surface area contributed by atoms with Gasteiger partial charge in [-0.2, -0.15) is 0 Å². The average Bonchev–Trinajstić information content (AvgIpc) is 2.64. The number of primary amides is 1. The molecule has 102 valence electrons. The molecule has 2 fully saturated rings. The van der Waals surface area contributed by atoms with E-state index in [1.165, 1.54) is 0 Å². The summed E-state index contributed by atoms with van der Waals surface area (Å²) in [7, 11) is 0. The molecule has 18 heavy (non-hydrogen) atoms. The molecule has 0 aliphatic carbocycles. The summed E-state index contributed by atoms with van der Waals surface area (Å²) in [5.41, 5.74) is 5.20. The molecule has 0 radical (unpaired) electrons. The van der Waals surface area contributed by atoms with Crippen molar-refractivity contribution in [3.63, 3.8) is 0 Å². The zero-order valence-corrected chi connectivity index (χ0v) is 11.0. The van der Waals surface area contributed by atoms with Gasteiger partial charge in [-0.15, -0.1) is 0 Å². The lowest BCUT2D eigenvalue weighted by atomic mass is 10.1. The number of morpholine rings is 1. The molecular formula is C12H21N3O3. The normalized spacial score (nSPS) is 28.8. The first-order chi connectivity index (χ1) is 8.47. The predicted molar refractivity (Wildman–Crippen MR) is 65.7 cm³/mol. The van der Waals surface area contributed by atoms with Crippen molar-refractivity contribution >= 4 is 11.8 Å². The summed E-state index contributed by atoms with van der Waals surface area (Å²) in [6.45, 7) is 6.95. The van der Waals surface area contributed by atoms with E-state index in [1.54, 1.807) is 4.90 Å². The monoisotopic (exact) mass is 255 g/mol. The highest BCUT2D eigenvalue weighted by molar-refractivity contribution is 5.85. The zero-order chi connectivity index (χ0) is 13.3. The Morgan fingerprint density at radius 3 is 2.83 bits per heavy atom. The molecule has 0 spiro atoms. The van der Waals surface area contributed by atoms with Gasteiger partial charge in [0.2, 0.25) is 11.8 Å². The van der Waals surface area contributed by atoms with E-state index in [0.717, 1.165) is 19.6 Å². The second-order valence-corrected chi connectivity index (χ2v) is 5.52. The lowest BCUT2D eigenvalue weighted by Crippen LogP contribution is -2.56. The van der Waals surface area contributed by atoms with Crippen molar-refractivity contribution in [2.24, 2.45) is 11.7 Å². The Labute approximate surface area is 107 Å². The highest BCUT2D eigenvalue weighted by atomic mass is 16.5. The molecule has 2 N–H and O–H groups in total. The maximum atomic E-state index is 11.8. The number of nitrogens with zero attached hydrogens (tertiary/aromatic N) is 2. The zero-order valence-electron chi connectivity index (χ0n) is 11.0. The number of hydrogen-bond donors (Lipinski definition) is 1. The standard InChI is InChI=1S/C12H21N3O3/c1-8(2)3-14-4-9-10(5-14)18-7-12(17)15(9)6-11(13)16/h8-10H,3-7H2,1-2H3,(H2,13,16)/t9-,10+/m1/s1. The maximum absolute atomic E-state index is 11.8. The quantitative estimate of drug-likeness (QED) is 0.702. The molecule has 2 amide bonds. The molecular weight excluding hydrogens is 234 g/mol. The van der Waals surface area contributed by atoms with Crippen LogP contribution in [0.25, 0.3) is 0 Å². The van der Waals surface area contributed by atoms with Crippen molar-refractivity contribution in [1.29, 1.82) is 0 Å². The number of likely N-dealkylation sites (tertiary alicyclic amines) is 1. The van der Waals surface area contributed by atoms with Gasteiger partial charge in [-0.1, -0.05) is 13.8 Å². The third-order valence-electron chi connectivity index (χ3n) is 3.40. The van der Waals surface area contributed by atoms with Crippen LogP contribution in [0.5, 0.6) is 0 Å². The predicted octanol–water partition coefficient (Wildman–Crippen LogP) is -0.961. The van der Waals surface area contributed by atoms with E-state index in [1.807, 2.05) is 0 Å². The van der Waals surface area contributed by atoms with E-state index in [0.29, 0.717) is 5.92 Å². The summed E-state index contributed by atoms with van der Waals surface area (Å²) >= 11 is 0. The third kappa shape index (κ3) is 2.81. The van der Waals surface area contributed by atoms with Gasteiger partial charge in [-0.05, 0) is 5.92 Å². The minimum absolute atomic E-state index is 0.00111. The van der Waals surface area contributed by atoms with Crippen LogP contribution in [-0.2, 0) is 14.3 Å². The van der Waals surface area contributed by atoms with Gasteiger partial charge in [-0.3, -0.25) is 14.5 Å². The van der Waals surface area contributed by atoms with Crippen molar-refractivity contribution in [3.8, 4) is 0 Å². The summed E-state index contributed by atoms with van der Waals surface area (Å²) in [6, 6.07) is -0.0301. The molecule has 0 aromatic carbocycles. The topological polar surface area (TPSA) is 75.9 Å². The van der Waals surface area contributed by atoms with E-state index >= 15 is 0 Å². The maximum Gasteiger partial charge on any atom is 0.249 e. The third-order valence-corrected chi connectivity index (χ3v) is 3.40. The fourth-order valence-corrected chi connectivity index (χ4v) is 2.78. The fraction of sp³-hybridized carbons (Fsp3) is 0.833. The molecule has 2 aliphatic rings. The second kappa shape index (κ2) is 5.24. The first-order valence-electron chi connectivity index (χ1n) is 6.39. The van der Waals surface area contributed by atoms with E-state index in [9.17, 15) is 9.59 Å². The molecule has 0 aromatic heterocycles. The number of hydrogen-bond acceptors (Lipinski definition) is 4. The number of fused-ring (bicyclic) bond motifs is 1. The van der Waals surface area contributed by atoms with Crippen molar-refractivity contribution < 1.29 is 14.3 Å². The van der Waals surface area contributed by atoms with Crippen molar-refractivity contribution in [2.75, 3.05) is 32.8 Å². The summed E-state index contributed by atoms with van der Waals surface area (Å²) in [6.07, 6.45) is 0.0146. The Morgan fingerprint density at radius 2 is 2.22 bits per heavy atom. The van der Waals surface area contributed by atoms with Gasteiger partial charge in [0, 0.05) is 19.6 Å². The minimum atomic E-state index is -0.466. The van der Waals surface area contributed by atoms with Crippen LogP contribution < -0.4 is 5.73 Å². The molecule has 6 nitrogen and oxygen atoms in total. The van der Waals surface area contributed by atoms with E-state index in [4.69, 9.17) is 10.5 Å². The lowest BCUT2D eigenvalue weighted by Gasteiger charge is -2.35. The minimum Gasteiger partial charge on any atom is -0.368 e. The summed E-state index contributed by atoms with van der Waals surface area (Å²) in [4.78, 5) is 26.7. The van der Waals surface area contributed by atoms with E-state index in [2.05, 4.69) is 18.7 Å². The van der Waals surface area contributed by atoms with Crippen LogP contribution >= 0.6 is 0 Å². The number of ether oxygens (including phenoxy) is 1. The molecule has 0 unspecified atom stereocenters. The van der Waals surface area contributed by atoms with Crippen LogP contribution in [0.15, 0.2) is 0 Å². The Bertz CT molecular complexity index is 345. The smallest absolute Gasteiger partial charge is 0.249 e. The SMILES string of the molecule is CC(C)CN1C[C@@H]2OCC(=O)N(CC(N)=O)[C@@H]2C1. The van der Waals surface area contributed by atoms with Crippen molar-refractivity contribution in [2.45, 2.75) is 26.0 Å². The molecule has 6 heteroatoms. The summed E-state index contributed by atoms with van der Waals surface area (Å²) in [5.74, 6) is -0.0294. The highest BCUT2D eigenvalue weighted by Gasteiger charge is 2.43. The van der Waals surface area contributed by atoms with Crippen LogP contribution in [0.2, 0.25) is 0 Å². The molecule has 2 saturated heterocycles. The molecule has 2 heterocycles. The first-order valence-corrected chi connectivity index (χ1v) is 6.39. The number of nitrogens with two attached hydrogens (primary N) is 1. The number of carbonyl (C=O) groups excluding carboxylic acids is 2. The Hall–Kier alpha value is -1.14. The van der Waals surface area contributed by atoms with Crippen LogP contribution in [0, 0.1) is 5.92 Å². The van der Waals surface area contributed by atoms with Gasteiger partial charge in [0.25, 0.3) is 0 Å². The van der Waals surface area contributed by atoms with Crippen LogP contribution in [-0.4, -0.2) is 66.5 Å². The Morgan fingerprint density at radius 1 is 1.50 bits per heavy atom. The van der Waals surface area contributed by atoms with E-state index < -0.39 is 5.91 Å². The van der Waals surface area contributed by atoms with Gasteiger partial charge in [0.15, 0.2) is 0 Å². The Balaban J connectivity index is 2.03. The molecule has 2 atom stereocenters. The molecule has 0 bridgehead atoms. The second-order valence-electron chi connectivity index (χ2n) is 5.52. The summed E-state index contributed by atoms with van der Waals surface area (Å²) < 4.78 is 5.55. The first kappa shape index (κ1) is 13.3. The fourth-order valence-electron chi connectivity index (χ4n) is 2.78. The largest absolute Gasteiger partial charge is 0.368 e. The molecule has 0 aromatic rings. The van der Waals surface area contributed by atoms with Crippen LogP contribution in [0.4, 0.5) is 0 Å². The molecule has 2 aliphatic heterocycles. The lowest BCUT2D eigenvalue weighted by molar-refractivity contribution is -0.155. The summed E-state index contributed by atoms with van der Waals surface area (Å²) in [5, 5.41) is 0. The van der Waals surface area contributed by atoms with Crippen LogP contribution in [0.3, 0.4) is 0 Å². The van der Waals surface area contributed by atoms with E-state index in [-0.39, 0.29) is 31.2 Å². The van der Waals surface area contributed by atoms with Crippen molar-refractivity contribution in [1.82, 2.24) is 9.80 Å². The average molecular weight is 255 g/mol. The van der Waals surface area contributed by atoms with Crippen LogP contribution in [0.1, 0.15) is 13.8 Å². The van der Waals surface area contributed by atoms with Gasteiger partial charge in [0.05, 0.1) is 18.7 Å². The van der Waals surface area contributed by atoms with Gasteiger partial charge in [-0.25, -0.2) is 0 Å². The van der Waals surface area contributed by atoms with Gasteiger partial charge in [0.1, 0.15) is 6.61 Å². The molecule has 2 rings (SSSR count). The molecule has 0 saturated carbocycles. The highest BCUT2D eigenvalue weighted by Crippen LogP contribution is 2.23. The Kier molecular flexibility index (Phi) is 3.87.